The molecule has 2 heteroatoms. The molecule has 0 saturated heterocycles. The smallest absolute Gasteiger partial charge is 0.0540 e. The molecule has 0 aliphatic carbocycles. The molecule has 0 fully saturated rings. The van der Waals surface area contributed by atoms with Crippen molar-refractivity contribution in [3.8, 4) is 0 Å². The number of hydrogen-bond donors (Lipinski definition) is 2. The van der Waals surface area contributed by atoms with Gasteiger partial charge in [0.05, 0.1) is 11.4 Å². The second-order valence-corrected chi connectivity index (χ2v) is 5.10. The molecule has 2 aromatic rings. The first-order chi connectivity index (χ1) is 9.81. The molecule has 2 nitrogen and oxygen atoms in total. The summed E-state index contributed by atoms with van der Waals surface area (Å²) >= 11 is 0. The summed E-state index contributed by atoms with van der Waals surface area (Å²) in [7, 11) is 0. The first-order valence-electron chi connectivity index (χ1n) is 7.51. The Labute approximate surface area is 122 Å². The molecule has 106 valence electrons. The topological polar surface area (TPSA) is 24.1 Å². The molecule has 2 aromatic carbocycles. The van der Waals surface area contributed by atoms with Gasteiger partial charge in [-0.15, -0.1) is 0 Å². The molecule has 0 aliphatic rings. The zero-order chi connectivity index (χ0) is 14.2. The second-order valence-electron chi connectivity index (χ2n) is 5.10. The van der Waals surface area contributed by atoms with Crippen LogP contribution in [0.2, 0.25) is 0 Å². The minimum Gasteiger partial charge on any atom is -0.301 e. The van der Waals surface area contributed by atoms with Crippen molar-refractivity contribution < 1.29 is 0 Å². The van der Waals surface area contributed by atoms with Gasteiger partial charge in [0.15, 0.2) is 0 Å². The van der Waals surface area contributed by atoms with Crippen LogP contribution in [0, 0.1) is 0 Å². The number of hydrazine groups is 1. The Kier molecular flexibility index (Phi) is 5.48. The Bertz CT molecular complexity index is 500. The van der Waals surface area contributed by atoms with Crippen LogP contribution in [-0.4, -0.2) is 0 Å². The van der Waals surface area contributed by atoms with E-state index in [1.165, 1.54) is 30.4 Å². The van der Waals surface area contributed by atoms with E-state index in [4.69, 9.17) is 0 Å². The molecule has 0 saturated carbocycles. The van der Waals surface area contributed by atoms with Crippen LogP contribution in [0.25, 0.3) is 0 Å². The Balaban J connectivity index is 1.86. The molecule has 0 aliphatic heterocycles. The van der Waals surface area contributed by atoms with Crippen LogP contribution in [-0.2, 0) is 12.8 Å². The highest BCUT2D eigenvalue weighted by molar-refractivity contribution is 5.53. The van der Waals surface area contributed by atoms with E-state index in [1.807, 2.05) is 0 Å². The normalized spacial score (nSPS) is 10.3. The van der Waals surface area contributed by atoms with Crippen molar-refractivity contribution >= 4 is 11.4 Å². The van der Waals surface area contributed by atoms with E-state index < -0.39 is 0 Å². The molecule has 0 spiro atoms. The first-order valence-corrected chi connectivity index (χ1v) is 7.51. The van der Waals surface area contributed by atoms with E-state index >= 15 is 0 Å². The lowest BCUT2D eigenvalue weighted by Gasteiger charge is -2.11. The van der Waals surface area contributed by atoms with Crippen LogP contribution in [0.3, 0.4) is 0 Å². The third kappa shape index (κ3) is 4.30. The molecule has 0 unspecified atom stereocenters. The lowest BCUT2D eigenvalue weighted by atomic mass is 10.1. The molecular weight excluding hydrogens is 244 g/mol. The maximum atomic E-state index is 3.23. The summed E-state index contributed by atoms with van der Waals surface area (Å²) in [6.07, 6.45) is 4.75. The number of nitrogens with one attached hydrogen (secondary N) is 2. The van der Waals surface area contributed by atoms with Gasteiger partial charge in [0.1, 0.15) is 0 Å². The quantitative estimate of drug-likeness (QED) is 0.688. The summed E-state index contributed by atoms with van der Waals surface area (Å²) in [6.45, 7) is 4.39. The molecule has 0 radical (unpaired) electrons. The van der Waals surface area contributed by atoms with Gasteiger partial charge in [-0.25, -0.2) is 0 Å². The number of unbranched alkanes of at least 4 members (excludes halogenated alkanes) is 1. The summed E-state index contributed by atoms with van der Waals surface area (Å²) < 4.78 is 0. The average molecular weight is 268 g/mol. The fourth-order valence-corrected chi connectivity index (χ4v) is 2.10. The van der Waals surface area contributed by atoms with E-state index in [-0.39, 0.29) is 0 Å². The summed E-state index contributed by atoms with van der Waals surface area (Å²) in [5.41, 5.74) is 11.4. The molecular formula is C18H24N2. The highest BCUT2D eigenvalue weighted by Gasteiger charge is 1.95. The Hall–Kier alpha value is -1.96. The van der Waals surface area contributed by atoms with Crippen molar-refractivity contribution in [3.63, 3.8) is 0 Å². The van der Waals surface area contributed by atoms with Crippen molar-refractivity contribution in [1.29, 1.82) is 0 Å². The molecule has 0 aromatic heterocycles. The summed E-state index contributed by atoms with van der Waals surface area (Å²) in [4.78, 5) is 0. The van der Waals surface area contributed by atoms with Crippen LogP contribution in [0.5, 0.6) is 0 Å². The minimum absolute atomic E-state index is 1.08. The molecule has 0 bridgehead atoms. The zero-order valence-electron chi connectivity index (χ0n) is 12.4. The van der Waals surface area contributed by atoms with Gasteiger partial charge in [-0.3, -0.25) is 0 Å². The maximum absolute atomic E-state index is 3.23. The largest absolute Gasteiger partial charge is 0.301 e. The van der Waals surface area contributed by atoms with Gasteiger partial charge in [0.2, 0.25) is 0 Å². The number of benzene rings is 2. The van der Waals surface area contributed by atoms with E-state index in [9.17, 15) is 0 Å². The lowest BCUT2D eigenvalue weighted by Crippen LogP contribution is -2.08. The van der Waals surface area contributed by atoms with Gasteiger partial charge in [0.25, 0.3) is 0 Å². The van der Waals surface area contributed by atoms with E-state index in [1.54, 1.807) is 0 Å². The molecule has 20 heavy (non-hydrogen) atoms. The minimum atomic E-state index is 1.08. The highest BCUT2D eigenvalue weighted by atomic mass is 15.4. The van der Waals surface area contributed by atoms with Crippen LogP contribution in [0.1, 0.15) is 37.8 Å². The van der Waals surface area contributed by atoms with E-state index in [0.29, 0.717) is 0 Å². The maximum Gasteiger partial charge on any atom is 0.0540 e. The van der Waals surface area contributed by atoms with Gasteiger partial charge in [0, 0.05) is 0 Å². The fourth-order valence-electron chi connectivity index (χ4n) is 2.10. The fraction of sp³-hybridized carbons (Fsp3) is 0.333. The second kappa shape index (κ2) is 7.59. The summed E-state index contributed by atoms with van der Waals surface area (Å²) in [6, 6.07) is 17.1. The molecule has 2 N–H and O–H groups in total. The SMILES string of the molecule is CCCCc1ccc(NNc2ccc(CC)cc2)cc1. The highest BCUT2D eigenvalue weighted by Crippen LogP contribution is 2.14. The molecule has 0 amide bonds. The van der Waals surface area contributed by atoms with Crippen molar-refractivity contribution in [2.75, 3.05) is 10.9 Å². The zero-order valence-corrected chi connectivity index (χ0v) is 12.4. The van der Waals surface area contributed by atoms with Crippen LogP contribution >= 0.6 is 0 Å². The van der Waals surface area contributed by atoms with E-state index in [2.05, 4.69) is 73.2 Å². The van der Waals surface area contributed by atoms with E-state index in [0.717, 1.165) is 17.8 Å². The third-order valence-corrected chi connectivity index (χ3v) is 3.49. The van der Waals surface area contributed by atoms with Gasteiger partial charge in [-0.05, 0) is 54.7 Å². The van der Waals surface area contributed by atoms with Crippen LogP contribution < -0.4 is 10.9 Å². The average Bonchev–Trinajstić information content (AvgIpc) is 2.52. The summed E-state index contributed by atoms with van der Waals surface area (Å²) in [5, 5.41) is 0. The van der Waals surface area contributed by atoms with Crippen LogP contribution in [0.4, 0.5) is 11.4 Å². The lowest BCUT2D eigenvalue weighted by molar-refractivity contribution is 0.795. The van der Waals surface area contributed by atoms with Crippen molar-refractivity contribution in [3.05, 3.63) is 59.7 Å². The number of rotatable bonds is 7. The summed E-state index contributed by atoms with van der Waals surface area (Å²) in [5.74, 6) is 0. The standard InChI is InChI=1S/C18H24N2/c1-3-5-6-16-9-13-18(14-10-16)20-19-17-11-7-15(4-2)8-12-17/h7-14,19-20H,3-6H2,1-2H3. The first kappa shape index (κ1) is 14.4. The van der Waals surface area contributed by atoms with Crippen LogP contribution in [0.15, 0.2) is 48.5 Å². The molecule has 2 rings (SSSR count). The number of hydrogen-bond acceptors (Lipinski definition) is 2. The predicted molar refractivity (Wildman–Crippen MR) is 88.1 cm³/mol. The van der Waals surface area contributed by atoms with Gasteiger partial charge < -0.3 is 10.9 Å². The van der Waals surface area contributed by atoms with Crippen molar-refractivity contribution in [1.82, 2.24) is 0 Å². The number of anilines is 2. The monoisotopic (exact) mass is 268 g/mol. The van der Waals surface area contributed by atoms with Gasteiger partial charge in [-0.1, -0.05) is 44.5 Å². The third-order valence-electron chi connectivity index (χ3n) is 3.49. The molecule has 0 atom stereocenters. The molecule has 0 heterocycles. The van der Waals surface area contributed by atoms with Gasteiger partial charge >= 0.3 is 0 Å². The Morgan fingerprint density at radius 2 is 1.20 bits per heavy atom. The Morgan fingerprint density at radius 3 is 1.65 bits per heavy atom. The van der Waals surface area contributed by atoms with Crippen molar-refractivity contribution in [2.24, 2.45) is 0 Å². The number of aryl methyl sites for hydroxylation is 2. The van der Waals surface area contributed by atoms with Gasteiger partial charge in [-0.2, -0.15) is 0 Å². The predicted octanol–water partition coefficient (Wildman–Crippen LogP) is 5.03. The van der Waals surface area contributed by atoms with Crippen molar-refractivity contribution in [2.45, 2.75) is 39.5 Å². The Morgan fingerprint density at radius 1 is 0.700 bits per heavy atom.